The standard InChI is InChI=1S/C25H22ClN3O4/c26-19-10-16(33-15-4-2-1-3-5-15)6-7-17(19)23(30)18-11-27-24-21(18)22-20(12-28-24)32-14-25(29-22)8-9-31-13-25/h1-7,10-12,23,29-30H,8-9,13-14H2,(H,27,28). The summed E-state index contributed by atoms with van der Waals surface area (Å²) in [5, 5.41) is 16.2. The van der Waals surface area contributed by atoms with Gasteiger partial charge in [-0.3, -0.25) is 0 Å². The summed E-state index contributed by atoms with van der Waals surface area (Å²) in [6, 6.07) is 14.8. The number of aliphatic hydroxyl groups excluding tert-OH is 1. The molecule has 2 aromatic heterocycles. The first-order valence-corrected chi connectivity index (χ1v) is 11.2. The number of H-pyrrole nitrogens is 1. The molecule has 8 heteroatoms. The Morgan fingerprint density at radius 1 is 1.09 bits per heavy atom. The number of rotatable bonds is 4. The van der Waals surface area contributed by atoms with Crippen molar-refractivity contribution in [3.63, 3.8) is 0 Å². The van der Waals surface area contributed by atoms with Crippen LogP contribution in [0.15, 0.2) is 60.9 Å². The number of aromatic amines is 1. The Hall–Kier alpha value is -3.26. The van der Waals surface area contributed by atoms with E-state index in [9.17, 15) is 5.11 Å². The zero-order valence-corrected chi connectivity index (χ0v) is 18.4. The van der Waals surface area contributed by atoms with Crippen molar-refractivity contribution in [2.24, 2.45) is 0 Å². The number of fused-ring (bicyclic) bond motifs is 3. The molecule has 2 unspecified atom stereocenters. The van der Waals surface area contributed by atoms with E-state index in [4.69, 9.17) is 25.8 Å². The minimum Gasteiger partial charge on any atom is -0.487 e. The van der Waals surface area contributed by atoms with Crippen LogP contribution in [-0.2, 0) is 4.74 Å². The number of para-hydroxylation sites is 1. The van der Waals surface area contributed by atoms with Crippen LogP contribution in [0.4, 0.5) is 5.69 Å². The van der Waals surface area contributed by atoms with Crippen LogP contribution in [-0.4, -0.2) is 40.4 Å². The molecule has 1 spiro atoms. The van der Waals surface area contributed by atoms with E-state index in [0.29, 0.717) is 58.9 Å². The van der Waals surface area contributed by atoms with Crippen molar-refractivity contribution in [3.8, 4) is 17.2 Å². The van der Waals surface area contributed by atoms with Gasteiger partial charge in [0.15, 0.2) is 5.75 Å². The molecule has 1 saturated heterocycles. The number of aromatic nitrogens is 2. The maximum absolute atomic E-state index is 11.3. The third-order valence-electron chi connectivity index (χ3n) is 6.23. The van der Waals surface area contributed by atoms with Crippen LogP contribution in [0, 0.1) is 0 Å². The average molecular weight is 464 g/mol. The summed E-state index contributed by atoms with van der Waals surface area (Å²) in [5.74, 6) is 1.97. The third kappa shape index (κ3) is 3.58. The number of halogens is 1. The normalized spacial score (nSPS) is 20.3. The maximum atomic E-state index is 11.3. The van der Waals surface area contributed by atoms with Gasteiger partial charge in [0.25, 0.3) is 0 Å². The number of ether oxygens (including phenoxy) is 3. The molecule has 2 aliphatic rings. The monoisotopic (exact) mass is 463 g/mol. The van der Waals surface area contributed by atoms with Gasteiger partial charge in [-0.25, -0.2) is 4.98 Å². The molecular formula is C25H22ClN3O4. The fourth-order valence-electron chi connectivity index (χ4n) is 4.47. The number of nitrogens with zero attached hydrogens (tertiary/aromatic N) is 1. The molecule has 4 heterocycles. The number of nitrogens with one attached hydrogen (secondary N) is 2. The fourth-order valence-corrected chi connectivity index (χ4v) is 4.75. The van der Waals surface area contributed by atoms with E-state index >= 15 is 0 Å². The Kier molecular flexibility index (Phi) is 4.90. The zero-order valence-electron chi connectivity index (χ0n) is 17.7. The predicted molar refractivity (Wildman–Crippen MR) is 125 cm³/mol. The van der Waals surface area contributed by atoms with E-state index in [1.807, 2.05) is 30.3 Å². The first-order chi connectivity index (χ1) is 16.1. The SMILES string of the molecule is OC(c1ccc(Oc2ccccc2)cc1Cl)c1c[nH]c2ncc3c(c12)NC1(CCOC1)CO3. The Morgan fingerprint density at radius 2 is 1.97 bits per heavy atom. The van der Waals surface area contributed by atoms with Gasteiger partial charge in [-0.2, -0.15) is 0 Å². The van der Waals surface area contributed by atoms with Crippen molar-refractivity contribution in [2.45, 2.75) is 18.1 Å². The highest BCUT2D eigenvalue weighted by molar-refractivity contribution is 6.31. The number of benzene rings is 2. The minimum absolute atomic E-state index is 0.269. The second-order valence-electron chi connectivity index (χ2n) is 8.46. The fraction of sp³-hybridized carbons (Fsp3) is 0.240. The topological polar surface area (TPSA) is 88.6 Å². The number of aliphatic hydroxyl groups is 1. The second kappa shape index (κ2) is 7.95. The summed E-state index contributed by atoms with van der Waals surface area (Å²) in [6.45, 7) is 1.78. The van der Waals surface area contributed by atoms with Gasteiger partial charge in [-0.05, 0) is 30.7 Å². The molecule has 2 atom stereocenters. The average Bonchev–Trinajstić information content (AvgIpc) is 3.47. The molecule has 7 nitrogen and oxygen atoms in total. The number of hydrogen-bond acceptors (Lipinski definition) is 6. The summed E-state index contributed by atoms with van der Waals surface area (Å²) < 4.78 is 17.5. The first-order valence-electron chi connectivity index (χ1n) is 10.8. The van der Waals surface area contributed by atoms with E-state index in [2.05, 4.69) is 15.3 Å². The Balaban J connectivity index is 1.36. The lowest BCUT2D eigenvalue weighted by Crippen LogP contribution is -2.47. The molecule has 168 valence electrons. The van der Waals surface area contributed by atoms with Gasteiger partial charge in [0.2, 0.25) is 0 Å². The van der Waals surface area contributed by atoms with Crippen LogP contribution in [0.5, 0.6) is 17.2 Å². The van der Waals surface area contributed by atoms with Gasteiger partial charge in [0, 0.05) is 23.9 Å². The summed E-state index contributed by atoms with van der Waals surface area (Å²) in [7, 11) is 0. The number of pyridine rings is 1. The largest absolute Gasteiger partial charge is 0.487 e. The van der Waals surface area contributed by atoms with Crippen molar-refractivity contribution < 1.29 is 19.3 Å². The highest BCUT2D eigenvalue weighted by atomic mass is 35.5. The molecule has 1 fully saturated rings. The number of hydrogen-bond donors (Lipinski definition) is 3. The van der Waals surface area contributed by atoms with Gasteiger partial charge in [-0.15, -0.1) is 0 Å². The molecule has 2 aromatic carbocycles. The molecule has 33 heavy (non-hydrogen) atoms. The lowest BCUT2D eigenvalue weighted by Gasteiger charge is -2.35. The van der Waals surface area contributed by atoms with Gasteiger partial charge in [0.1, 0.15) is 29.9 Å². The first kappa shape index (κ1) is 20.4. The van der Waals surface area contributed by atoms with E-state index in [-0.39, 0.29) is 5.54 Å². The zero-order chi connectivity index (χ0) is 22.4. The highest BCUT2D eigenvalue weighted by Gasteiger charge is 2.40. The molecule has 0 aliphatic carbocycles. The quantitative estimate of drug-likeness (QED) is 0.392. The van der Waals surface area contributed by atoms with Gasteiger partial charge < -0.3 is 29.6 Å². The van der Waals surface area contributed by atoms with Gasteiger partial charge in [-0.1, -0.05) is 35.9 Å². The van der Waals surface area contributed by atoms with E-state index in [1.165, 1.54) is 0 Å². The van der Waals surface area contributed by atoms with Crippen molar-refractivity contribution >= 4 is 28.3 Å². The summed E-state index contributed by atoms with van der Waals surface area (Å²) in [4.78, 5) is 7.64. The summed E-state index contributed by atoms with van der Waals surface area (Å²) >= 11 is 6.58. The Labute approximate surface area is 195 Å². The van der Waals surface area contributed by atoms with Crippen LogP contribution in [0.3, 0.4) is 0 Å². The molecule has 2 aliphatic heterocycles. The van der Waals surface area contributed by atoms with E-state index in [0.717, 1.165) is 17.5 Å². The lowest BCUT2D eigenvalue weighted by atomic mass is 9.95. The predicted octanol–water partition coefficient (Wildman–Crippen LogP) is 5.05. The van der Waals surface area contributed by atoms with Gasteiger partial charge >= 0.3 is 0 Å². The van der Waals surface area contributed by atoms with Crippen molar-refractivity contribution in [2.75, 3.05) is 25.1 Å². The van der Waals surface area contributed by atoms with Crippen molar-refractivity contribution in [1.82, 2.24) is 9.97 Å². The van der Waals surface area contributed by atoms with Crippen LogP contribution in [0.2, 0.25) is 5.02 Å². The maximum Gasteiger partial charge on any atom is 0.161 e. The second-order valence-corrected chi connectivity index (χ2v) is 8.87. The van der Waals surface area contributed by atoms with Crippen LogP contribution in [0.25, 0.3) is 11.0 Å². The van der Waals surface area contributed by atoms with Crippen molar-refractivity contribution in [3.05, 3.63) is 77.1 Å². The lowest BCUT2D eigenvalue weighted by molar-refractivity contribution is 0.154. The molecular weight excluding hydrogens is 442 g/mol. The van der Waals surface area contributed by atoms with E-state index in [1.54, 1.807) is 30.6 Å². The molecule has 0 saturated carbocycles. The highest BCUT2D eigenvalue weighted by Crippen LogP contribution is 2.44. The Morgan fingerprint density at radius 3 is 2.76 bits per heavy atom. The molecule has 6 rings (SSSR count). The molecule has 4 aromatic rings. The van der Waals surface area contributed by atoms with Crippen LogP contribution in [0.1, 0.15) is 23.7 Å². The molecule has 0 amide bonds. The third-order valence-corrected chi connectivity index (χ3v) is 6.56. The summed E-state index contributed by atoms with van der Waals surface area (Å²) in [6.07, 6.45) is 3.35. The Bertz CT molecular complexity index is 1320. The minimum atomic E-state index is -0.968. The molecule has 0 radical (unpaired) electrons. The number of anilines is 1. The smallest absolute Gasteiger partial charge is 0.161 e. The molecule has 3 N–H and O–H groups in total. The van der Waals surface area contributed by atoms with Crippen molar-refractivity contribution in [1.29, 1.82) is 0 Å². The van der Waals surface area contributed by atoms with Crippen LogP contribution >= 0.6 is 11.6 Å². The van der Waals surface area contributed by atoms with Crippen LogP contribution < -0.4 is 14.8 Å². The summed E-state index contributed by atoms with van der Waals surface area (Å²) in [5.41, 5.74) is 2.45. The molecule has 0 bridgehead atoms. The van der Waals surface area contributed by atoms with Gasteiger partial charge in [0.05, 0.1) is 34.4 Å². The van der Waals surface area contributed by atoms with E-state index < -0.39 is 6.10 Å².